The molecule has 2 aliphatic heterocycles. The molecule has 0 aliphatic carbocycles. The number of carbonyl (C=O) groups is 1. The van der Waals surface area contributed by atoms with Crippen LogP contribution in [0.1, 0.15) is 18.4 Å². The zero-order chi connectivity index (χ0) is 22.2. The quantitative estimate of drug-likeness (QED) is 0.649. The lowest BCUT2D eigenvalue weighted by Crippen LogP contribution is -2.51. The van der Waals surface area contributed by atoms with Gasteiger partial charge in [-0.25, -0.2) is 9.78 Å². The maximum atomic E-state index is 12.6. The van der Waals surface area contributed by atoms with Gasteiger partial charge >= 0.3 is 12.1 Å². The second kappa shape index (κ2) is 8.12. The summed E-state index contributed by atoms with van der Waals surface area (Å²) in [6.45, 7) is 1.56. The normalized spacial score (nSPS) is 20.5. The Morgan fingerprint density at radius 3 is 2.40 bits per heavy atom. The number of piperazine rings is 1. The van der Waals surface area contributed by atoms with Crippen LogP contribution in [0.15, 0.2) is 16.9 Å². The summed E-state index contributed by atoms with van der Waals surface area (Å²) >= 11 is 6.07. The average molecular weight is 444 g/mol. The van der Waals surface area contributed by atoms with Gasteiger partial charge in [0.25, 0.3) is 5.56 Å². The average Bonchev–Trinajstić information content (AvgIpc) is 3.01. The van der Waals surface area contributed by atoms with E-state index < -0.39 is 12.1 Å². The number of carboxylic acids is 1. The molecule has 2 atom stereocenters. The molecule has 2 N–H and O–H groups in total. The van der Waals surface area contributed by atoms with Crippen LogP contribution in [0.25, 0.3) is 11.0 Å². The minimum atomic E-state index is -5.08. The highest BCUT2D eigenvalue weighted by atomic mass is 35.5. The van der Waals surface area contributed by atoms with E-state index >= 15 is 0 Å². The van der Waals surface area contributed by atoms with Crippen LogP contribution in [0.4, 0.5) is 18.9 Å². The first kappa shape index (κ1) is 21.9. The van der Waals surface area contributed by atoms with Crippen molar-refractivity contribution in [2.24, 2.45) is 7.05 Å². The van der Waals surface area contributed by atoms with E-state index in [-0.39, 0.29) is 11.1 Å². The number of nitrogens with zero attached hydrogens (tertiary/aromatic N) is 4. The van der Waals surface area contributed by atoms with Gasteiger partial charge in [-0.1, -0.05) is 11.6 Å². The lowest BCUT2D eigenvalue weighted by Gasteiger charge is -2.35. The number of nitrogens with one attached hydrogen (secondary N) is 1. The van der Waals surface area contributed by atoms with Gasteiger partial charge in [0.2, 0.25) is 0 Å². The number of aromatic nitrogens is 2. The Labute approximate surface area is 173 Å². The molecular formula is C18H17ClF3N5O3. The van der Waals surface area contributed by atoms with Gasteiger partial charge in [-0.05, 0) is 25.0 Å². The maximum Gasteiger partial charge on any atom is 0.490 e. The van der Waals surface area contributed by atoms with Crippen molar-refractivity contribution in [2.45, 2.75) is 31.1 Å². The third-order valence-electron chi connectivity index (χ3n) is 5.07. The standard InChI is InChI=1S/C16H16ClN5O.C2HF3O2/c1-21-12-4-5-13(17)20-14(12)15(11(6-18)16(21)23)22-7-9-2-3-10(8-22)19-9;3-2(4,5)1(6)7/h4-5,9-10,19H,2-3,7-8H2,1H3;(H,6,7)/t9-,10+;. The Morgan fingerprint density at radius 2 is 1.90 bits per heavy atom. The van der Waals surface area contributed by atoms with Gasteiger partial charge in [-0.15, -0.1) is 0 Å². The first-order chi connectivity index (χ1) is 14.0. The molecule has 2 fully saturated rings. The van der Waals surface area contributed by atoms with Crippen molar-refractivity contribution in [2.75, 3.05) is 18.0 Å². The molecule has 4 heterocycles. The second-order valence-electron chi connectivity index (χ2n) is 7.05. The predicted octanol–water partition coefficient (Wildman–Crippen LogP) is 2.03. The molecule has 2 aromatic rings. The lowest BCUT2D eigenvalue weighted by atomic mass is 10.1. The van der Waals surface area contributed by atoms with Gasteiger partial charge in [0.1, 0.15) is 22.3 Å². The van der Waals surface area contributed by atoms with E-state index in [9.17, 15) is 23.2 Å². The Morgan fingerprint density at radius 1 is 1.33 bits per heavy atom. The molecule has 0 amide bonds. The molecule has 30 heavy (non-hydrogen) atoms. The van der Waals surface area contributed by atoms with Crippen molar-refractivity contribution in [1.82, 2.24) is 14.9 Å². The van der Waals surface area contributed by atoms with Crippen molar-refractivity contribution in [1.29, 1.82) is 5.26 Å². The van der Waals surface area contributed by atoms with E-state index in [1.165, 1.54) is 4.57 Å². The molecule has 0 saturated carbocycles. The molecule has 0 aromatic carbocycles. The molecule has 0 spiro atoms. The highest BCUT2D eigenvalue weighted by molar-refractivity contribution is 6.29. The van der Waals surface area contributed by atoms with Crippen molar-refractivity contribution in [3.05, 3.63) is 33.2 Å². The summed E-state index contributed by atoms with van der Waals surface area (Å²) in [5.41, 5.74) is 1.81. The molecule has 0 unspecified atom stereocenters. The molecule has 12 heteroatoms. The topological polar surface area (TPSA) is 111 Å². The molecule has 2 saturated heterocycles. The van der Waals surface area contributed by atoms with E-state index in [2.05, 4.69) is 21.3 Å². The first-order valence-corrected chi connectivity index (χ1v) is 9.31. The molecule has 2 bridgehead atoms. The molecule has 8 nitrogen and oxygen atoms in total. The molecule has 2 aromatic heterocycles. The molecular weight excluding hydrogens is 427 g/mol. The highest BCUT2D eigenvalue weighted by Crippen LogP contribution is 2.32. The molecule has 0 radical (unpaired) electrons. The zero-order valence-corrected chi connectivity index (χ0v) is 16.5. The van der Waals surface area contributed by atoms with Crippen LogP contribution in [-0.4, -0.2) is 52.0 Å². The van der Waals surface area contributed by atoms with Gasteiger partial charge in [-0.3, -0.25) is 4.79 Å². The summed E-state index contributed by atoms with van der Waals surface area (Å²) in [5, 5.41) is 20.6. The minimum Gasteiger partial charge on any atom is -0.475 e. The summed E-state index contributed by atoms with van der Waals surface area (Å²) in [4.78, 5) is 28.0. The van der Waals surface area contributed by atoms with E-state index in [4.69, 9.17) is 21.5 Å². The molecule has 160 valence electrons. The van der Waals surface area contributed by atoms with Crippen LogP contribution in [0, 0.1) is 11.3 Å². The number of anilines is 1. The van der Waals surface area contributed by atoms with Gasteiger partial charge in [0.05, 0.1) is 11.2 Å². The van der Waals surface area contributed by atoms with E-state index in [0.717, 1.165) is 25.9 Å². The Bertz CT molecular complexity index is 1080. The van der Waals surface area contributed by atoms with Gasteiger partial charge < -0.3 is 19.9 Å². The van der Waals surface area contributed by atoms with Crippen molar-refractivity contribution < 1.29 is 23.1 Å². The van der Waals surface area contributed by atoms with Gasteiger partial charge in [0, 0.05) is 32.2 Å². The molecule has 4 rings (SSSR count). The third kappa shape index (κ3) is 4.20. The maximum absolute atomic E-state index is 12.6. The van der Waals surface area contributed by atoms with E-state index in [1.54, 1.807) is 19.2 Å². The van der Waals surface area contributed by atoms with Crippen LogP contribution in [-0.2, 0) is 11.8 Å². The van der Waals surface area contributed by atoms with Crippen LogP contribution in [0.5, 0.6) is 0 Å². The number of hydrogen-bond acceptors (Lipinski definition) is 6. The highest BCUT2D eigenvalue weighted by Gasteiger charge is 2.38. The largest absolute Gasteiger partial charge is 0.490 e. The summed E-state index contributed by atoms with van der Waals surface area (Å²) < 4.78 is 33.2. The van der Waals surface area contributed by atoms with Gasteiger partial charge in [-0.2, -0.15) is 18.4 Å². The first-order valence-electron chi connectivity index (χ1n) is 8.93. The van der Waals surface area contributed by atoms with Crippen molar-refractivity contribution in [3.63, 3.8) is 0 Å². The van der Waals surface area contributed by atoms with E-state index in [0.29, 0.717) is 34.0 Å². The lowest BCUT2D eigenvalue weighted by molar-refractivity contribution is -0.192. The third-order valence-corrected chi connectivity index (χ3v) is 5.28. The number of alkyl halides is 3. The number of aryl methyl sites for hydroxylation is 1. The number of rotatable bonds is 1. The van der Waals surface area contributed by atoms with Crippen LogP contribution < -0.4 is 15.8 Å². The summed E-state index contributed by atoms with van der Waals surface area (Å²) in [5.74, 6) is -2.76. The summed E-state index contributed by atoms with van der Waals surface area (Å²) in [6, 6.07) is 6.34. The second-order valence-corrected chi connectivity index (χ2v) is 7.43. The fourth-order valence-electron chi connectivity index (χ4n) is 3.76. The number of nitriles is 1. The minimum absolute atomic E-state index is 0.149. The van der Waals surface area contributed by atoms with Crippen molar-refractivity contribution >= 4 is 34.3 Å². The monoisotopic (exact) mass is 443 g/mol. The Kier molecular flexibility index (Phi) is 5.92. The number of pyridine rings is 2. The fourth-order valence-corrected chi connectivity index (χ4v) is 3.91. The Hall–Kier alpha value is -2.84. The smallest absolute Gasteiger partial charge is 0.475 e. The Balaban J connectivity index is 0.000000318. The van der Waals surface area contributed by atoms with Crippen molar-refractivity contribution in [3.8, 4) is 6.07 Å². The van der Waals surface area contributed by atoms with E-state index in [1.807, 2.05) is 0 Å². The number of fused-ring (bicyclic) bond motifs is 3. The number of carboxylic acid groups (broad SMARTS) is 1. The predicted molar refractivity (Wildman–Crippen MR) is 103 cm³/mol. The zero-order valence-electron chi connectivity index (χ0n) is 15.7. The number of aliphatic carboxylic acids is 1. The number of halogens is 4. The SMILES string of the molecule is Cn1c(=O)c(C#N)c(N2C[C@H]3CC[C@@H](C2)N3)c2nc(Cl)ccc21.O=C(O)C(F)(F)F. The number of hydrogen-bond donors (Lipinski definition) is 2. The summed E-state index contributed by atoms with van der Waals surface area (Å²) in [7, 11) is 1.66. The summed E-state index contributed by atoms with van der Waals surface area (Å²) in [6.07, 6.45) is -2.83. The fraction of sp³-hybridized carbons (Fsp3) is 0.444. The van der Waals surface area contributed by atoms with Crippen LogP contribution in [0.3, 0.4) is 0 Å². The molecule has 2 aliphatic rings. The van der Waals surface area contributed by atoms with Gasteiger partial charge in [0.15, 0.2) is 0 Å². The van der Waals surface area contributed by atoms with Crippen LogP contribution in [0.2, 0.25) is 5.15 Å². The van der Waals surface area contributed by atoms with Crippen LogP contribution >= 0.6 is 11.6 Å².